The van der Waals surface area contributed by atoms with Gasteiger partial charge in [-0.2, -0.15) is 0 Å². The average Bonchev–Trinajstić information content (AvgIpc) is 2.95. The predicted molar refractivity (Wildman–Crippen MR) is 157 cm³/mol. The Labute approximate surface area is 250 Å². The number of aliphatic hydroxyl groups excluding tert-OH is 1. The van der Waals surface area contributed by atoms with E-state index in [1.54, 1.807) is 12.1 Å². The zero-order valence-electron chi connectivity index (χ0n) is 24.9. The van der Waals surface area contributed by atoms with E-state index < -0.39 is 18.2 Å². The Balaban J connectivity index is 2.02. The third kappa shape index (κ3) is 12.4. The van der Waals surface area contributed by atoms with Crippen LogP contribution >= 0.6 is 0 Å². The summed E-state index contributed by atoms with van der Waals surface area (Å²) in [6.07, 6.45) is 0.550. The molecule has 0 heterocycles. The Morgan fingerprint density at radius 3 is 1.84 bits per heavy atom. The van der Waals surface area contributed by atoms with Gasteiger partial charge in [-0.25, -0.2) is 0 Å². The summed E-state index contributed by atoms with van der Waals surface area (Å²) in [6.45, 7) is 4.86. The monoisotopic (exact) mass is 598 g/mol. The zero-order chi connectivity index (χ0) is 31.9. The number of hydrogen-bond acceptors (Lipinski definition) is 10. The molecule has 2 amide bonds. The minimum atomic E-state index is -0.522. The summed E-state index contributed by atoms with van der Waals surface area (Å²) in [6, 6.07) is 7.96. The normalized spacial score (nSPS) is 10.4. The molecule has 0 aliphatic heterocycles. The van der Waals surface area contributed by atoms with Crippen molar-refractivity contribution in [3.63, 3.8) is 0 Å². The summed E-state index contributed by atoms with van der Waals surface area (Å²) in [5, 5.41) is 14.7. The number of aryl methyl sites for hydroxylation is 1. The molecule has 0 aromatic heterocycles. The second-order valence-corrected chi connectivity index (χ2v) is 9.93. The smallest absolute Gasteiger partial charge is 0.233 e. The van der Waals surface area contributed by atoms with Crippen LogP contribution in [0.15, 0.2) is 30.3 Å². The highest BCUT2D eigenvalue weighted by atomic mass is 16.5. The lowest BCUT2D eigenvalue weighted by Crippen LogP contribution is -2.29. The molecular weight excluding hydrogens is 560 g/mol. The predicted octanol–water partition coefficient (Wildman–Crippen LogP) is 2.75. The van der Waals surface area contributed by atoms with Gasteiger partial charge in [-0.15, -0.1) is 0 Å². The van der Waals surface area contributed by atoms with E-state index >= 15 is 0 Å². The molecule has 2 aromatic rings. The first-order chi connectivity index (χ1) is 20.4. The molecule has 12 heteroatoms. The highest BCUT2D eigenvalue weighted by Gasteiger charge is 2.20. The molecule has 232 valence electrons. The molecule has 43 heavy (non-hydrogen) atoms. The summed E-state index contributed by atoms with van der Waals surface area (Å²) < 4.78 is 16.6. The highest BCUT2D eigenvalue weighted by molar-refractivity contribution is 6.03. The summed E-state index contributed by atoms with van der Waals surface area (Å²) in [7, 11) is 0. The maximum absolute atomic E-state index is 13.0. The number of ether oxygens (including phenoxy) is 3. The Morgan fingerprint density at radius 1 is 0.744 bits per heavy atom. The number of Topliss-reactive ketones (excluding diaryl/α,β-unsaturated/α-hetero) is 4. The van der Waals surface area contributed by atoms with Crippen molar-refractivity contribution in [3.05, 3.63) is 47.0 Å². The SMILES string of the molecule is CCc1cc(CO)cc(NC(=O)CC(=O)NCCCC(=O)c2cc(OCC(C)=O)c(OCC(C)=O)c(OCC(C)=O)c2)c1. The van der Waals surface area contributed by atoms with E-state index in [2.05, 4.69) is 10.6 Å². The third-order valence-corrected chi connectivity index (χ3v) is 5.78. The summed E-state index contributed by atoms with van der Waals surface area (Å²) in [4.78, 5) is 72.1. The van der Waals surface area contributed by atoms with Gasteiger partial charge in [0.15, 0.2) is 34.6 Å². The fraction of sp³-hybridized carbons (Fsp3) is 0.419. The van der Waals surface area contributed by atoms with Crippen LogP contribution in [-0.2, 0) is 37.0 Å². The molecular formula is C31H38N2O10. The van der Waals surface area contributed by atoms with E-state index in [-0.39, 0.29) is 91.8 Å². The van der Waals surface area contributed by atoms with Gasteiger partial charge in [0.2, 0.25) is 17.6 Å². The lowest BCUT2D eigenvalue weighted by atomic mass is 10.0. The van der Waals surface area contributed by atoms with Gasteiger partial charge in [0.25, 0.3) is 0 Å². The van der Waals surface area contributed by atoms with Crippen molar-refractivity contribution in [2.24, 2.45) is 0 Å². The van der Waals surface area contributed by atoms with Gasteiger partial charge in [-0.1, -0.05) is 13.0 Å². The number of carbonyl (C=O) groups excluding carboxylic acids is 6. The summed E-state index contributed by atoms with van der Waals surface area (Å²) in [5.41, 5.74) is 2.22. The van der Waals surface area contributed by atoms with Crippen LogP contribution in [0.2, 0.25) is 0 Å². The number of aliphatic hydroxyl groups is 1. The largest absolute Gasteiger partial charge is 0.482 e. The highest BCUT2D eigenvalue weighted by Crippen LogP contribution is 2.39. The van der Waals surface area contributed by atoms with Crippen molar-refractivity contribution >= 4 is 40.6 Å². The van der Waals surface area contributed by atoms with Gasteiger partial charge in [0.05, 0.1) is 6.61 Å². The molecule has 0 saturated heterocycles. The van der Waals surface area contributed by atoms with E-state index in [0.29, 0.717) is 17.7 Å². The molecule has 0 fully saturated rings. The second kappa shape index (κ2) is 17.4. The second-order valence-electron chi connectivity index (χ2n) is 9.93. The maximum Gasteiger partial charge on any atom is 0.233 e. The number of rotatable bonds is 19. The molecule has 0 radical (unpaired) electrons. The van der Waals surface area contributed by atoms with E-state index in [1.807, 2.05) is 13.0 Å². The van der Waals surface area contributed by atoms with Crippen LogP contribution in [0.3, 0.4) is 0 Å². The topological polar surface area (TPSA) is 174 Å². The molecule has 0 saturated carbocycles. The van der Waals surface area contributed by atoms with Crippen molar-refractivity contribution in [2.75, 3.05) is 31.7 Å². The van der Waals surface area contributed by atoms with Gasteiger partial charge in [0, 0.05) is 24.2 Å². The van der Waals surface area contributed by atoms with Gasteiger partial charge in [-0.3, -0.25) is 28.8 Å². The van der Waals surface area contributed by atoms with E-state index in [0.717, 1.165) is 5.56 Å². The number of anilines is 1. The van der Waals surface area contributed by atoms with Crippen LogP contribution in [0.4, 0.5) is 5.69 Å². The first kappa shape index (κ1) is 34.6. The van der Waals surface area contributed by atoms with E-state index in [4.69, 9.17) is 14.2 Å². The average molecular weight is 599 g/mol. The number of amides is 2. The number of benzene rings is 2. The number of carbonyl (C=O) groups is 6. The first-order valence-corrected chi connectivity index (χ1v) is 13.8. The number of hydrogen-bond donors (Lipinski definition) is 3. The lowest BCUT2D eigenvalue weighted by molar-refractivity contribution is -0.127. The van der Waals surface area contributed by atoms with Crippen molar-refractivity contribution in [3.8, 4) is 17.2 Å². The van der Waals surface area contributed by atoms with Gasteiger partial charge >= 0.3 is 0 Å². The fourth-order valence-electron chi connectivity index (χ4n) is 3.79. The maximum atomic E-state index is 13.0. The Bertz CT molecular complexity index is 1290. The van der Waals surface area contributed by atoms with Crippen LogP contribution in [0.5, 0.6) is 17.2 Å². The molecule has 0 aliphatic rings. The number of ketones is 4. The minimum absolute atomic E-state index is 0.00394. The quantitative estimate of drug-likeness (QED) is 0.124. The van der Waals surface area contributed by atoms with Crippen molar-refractivity contribution in [1.29, 1.82) is 0 Å². The fourth-order valence-corrected chi connectivity index (χ4v) is 3.79. The van der Waals surface area contributed by atoms with Gasteiger partial charge in [0.1, 0.15) is 26.2 Å². The molecule has 0 aliphatic carbocycles. The Kier molecular flexibility index (Phi) is 14.0. The van der Waals surface area contributed by atoms with E-state index in [1.165, 1.54) is 32.9 Å². The molecule has 2 rings (SSSR count). The van der Waals surface area contributed by atoms with Gasteiger partial charge in [-0.05, 0) is 69.0 Å². The molecule has 0 unspecified atom stereocenters. The lowest BCUT2D eigenvalue weighted by Gasteiger charge is -2.17. The summed E-state index contributed by atoms with van der Waals surface area (Å²) >= 11 is 0. The molecule has 2 aromatic carbocycles. The van der Waals surface area contributed by atoms with Crippen molar-refractivity contribution in [2.45, 2.75) is 60.0 Å². The molecule has 3 N–H and O–H groups in total. The molecule has 0 atom stereocenters. The zero-order valence-corrected chi connectivity index (χ0v) is 24.9. The Morgan fingerprint density at radius 2 is 1.30 bits per heavy atom. The van der Waals surface area contributed by atoms with Crippen molar-refractivity contribution in [1.82, 2.24) is 5.32 Å². The van der Waals surface area contributed by atoms with E-state index in [9.17, 15) is 33.9 Å². The van der Waals surface area contributed by atoms with Crippen LogP contribution in [-0.4, -0.2) is 66.4 Å². The standard InChI is InChI=1S/C31H38N2O10/c1-5-22-9-23(15-34)11-25(10-22)33-30(40)14-29(39)32-8-6-7-26(38)24-12-27(41-16-19(2)35)31(43-18-21(4)37)28(13-24)42-17-20(3)36/h9-13,34H,5-8,14-18H2,1-4H3,(H,32,39)(H,33,40). The third-order valence-electron chi connectivity index (χ3n) is 5.78. The van der Waals surface area contributed by atoms with Gasteiger partial charge < -0.3 is 30.0 Å². The molecule has 0 bridgehead atoms. The Hall–Kier alpha value is -4.58. The van der Waals surface area contributed by atoms with Crippen LogP contribution in [0, 0.1) is 0 Å². The van der Waals surface area contributed by atoms with Crippen LogP contribution in [0.25, 0.3) is 0 Å². The molecule has 12 nitrogen and oxygen atoms in total. The minimum Gasteiger partial charge on any atom is -0.482 e. The van der Waals surface area contributed by atoms with Crippen molar-refractivity contribution < 1.29 is 48.1 Å². The molecule has 0 spiro atoms. The number of nitrogens with one attached hydrogen (secondary N) is 2. The summed E-state index contributed by atoms with van der Waals surface area (Å²) in [5.74, 6) is -2.30. The van der Waals surface area contributed by atoms with Crippen LogP contribution < -0.4 is 24.8 Å². The van der Waals surface area contributed by atoms with Crippen LogP contribution in [0.1, 0.15) is 68.4 Å². The first-order valence-electron chi connectivity index (χ1n) is 13.8.